The van der Waals surface area contributed by atoms with Gasteiger partial charge in [0.25, 0.3) is 0 Å². The predicted octanol–water partition coefficient (Wildman–Crippen LogP) is 3.35. The van der Waals surface area contributed by atoms with Crippen molar-refractivity contribution < 1.29 is 9.59 Å². The SMILES string of the molecule is CC(C)c1ccc(N2C(=O)CC(C(C)C)C2=O)cc1. The van der Waals surface area contributed by atoms with Crippen LogP contribution in [0, 0.1) is 11.8 Å². The molecule has 2 amide bonds. The largest absolute Gasteiger partial charge is 0.274 e. The number of nitrogens with zero attached hydrogens (tertiary/aromatic N) is 1. The van der Waals surface area contributed by atoms with Crippen molar-refractivity contribution in [2.75, 3.05) is 4.90 Å². The Morgan fingerprint density at radius 2 is 1.63 bits per heavy atom. The van der Waals surface area contributed by atoms with E-state index in [1.54, 1.807) is 0 Å². The number of carbonyl (C=O) groups excluding carboxylic acids is 2. The first-order valence-corrected chi connectivity index (χ1v) is 6.88. The highest BCUT2D eigenvalue weighted by molar-refractivity contribution is 6.20. The molecule has 1 fully saturated rings. The van der Waals surface area contributed by atoms with Crippen LogP contribution in [0.3, 0.4) is 0 Å². The van der Waals surface area contributed by atoms with E-state index in [0.29, 0.717) is 18.0 Å². The smallest absolute Gasteiger partial charge is 0.237 e. The van der Waals surface area contributed by atoms with Gasteiger partial charge >= 0.3 is 0 Å². The predicted molar refractivity (Wildman–Crippen MR) is 76.0 cm³/mol. The molecule has 3 heteroatoms. The van der Waals surface area contributed by atoms with Crippen LogP contribution in [-0.4, -0.2) is 11.8 Å². The van der Waals surface area contributed by atoms with Crippen LogP contribution in [0.25, 0.3) is 0 Å². The molecule has 0 bridgehead atoms. The first-order chi connectivity index (χ1) is 8.91. The van der Waals surface area contributed by atoms with Gasteiger partial charge in [-0.25, -0.2) is 0 Å². The van der Waals surface area contributed by atoms with Crippen LogP contribution < -0.4 is 4.90 Å². The summed E-state index contributed by atoms with van der Waals surface area (Å²) < 4.78 is 0. The Hall–Kier alpha value is -1.64. The molecule has 3 nitrogen and oxygen atoms in total. The van der Waals surface area contributed by atoms with Crippen molar-refractivity contribution >= 4 is 17.5 Å². The van der Waals surface area contributed by atoms with Crippen molar-refractivity contribution in [1.82, 2.24) is 0 Å². The molecule has 102 valence electrons. The Kier molecular flexibility index (Phi) is 3.74. The molecule has 1 heterocycles. The number of benzene rings is 1. The Bertz CT molecular complexity index is 488. The summed E-state index contributed by atoms with van der Waals surface area (Å²) in [7, 11) is 0. The zero-order valence-corrected chi connectivity index (χ0v) is 12.0. The van der Waals surface area contributed by atoms with E-state index in [9.17, 15) is 9.59 Å². The minimum Gasteiger partial charge on any atom is -0.274 e. The van der Waals surface area contributed by atoms with Crippen molar-refractivity contribution in [3.63, 3.8) is 0 Å². The monoisotopic (exact) mass is 259 g/mol. The molecule has 1 saturated heterocycles. The van der Waals surface area contributed by atoms with Crippen LogP contribution in [-0.2, 0) is 9.59 Å². The summed E-state index contributed by atoms with van der Waals surface area (Å²) >= 11 is 0. The lowest BCUT2D eigenvalue weighted by Crippen LogP contribution is -2.31. The Labute approximate surface area is 114 Å². The van der Waals surface area contributed by atoms with Gasteiger partial charge in [0, 0.05) is 6.42 Å². The summed E-state index contributed by atoms with van der Waals surface area (Å²) in [5, 5.41) is 0. The molecule has 0 N–H and O–H groups in total. The second-order valence-corrected chi connectivity index (χ2v) is 5.87. The number of rotatable bonds is 3. The highest BCUT2D eigenvalue weighted by Crippen LogP contribution is 2.31. The summed E-state index contributed by atoms with van der Waals surface area (Å²) in [5.41, 5.74) is 1.91. The van der Waals surface area contributed by atoms with Crippen LogP contribution in [0.4, 0.5) is 5.69 Å². The molecule has 0 aromatic heterocycles. The molecular formula is C16H21NO2. The van der Waals surface area contributed by atoms with E-state index in [-0.39, 0.29) is 23.7 Å². The summed E-state index contributed by atoms with van der Waals surface area (Å²) in [5.74, 6) is 0.342. The average Bonchev–Trinajstić information content (AvgIpc) is 2.65. The summed E-state index contributed by atoms with van der Waals surface area (Å²) in [4.78, 5) is 25.6. The summed E-state index contributed by atoms with van der Waals surface area (Å²) in [6, 6.07) is 7.72. The van der Waals surface area contributed by atoms with Crippen molar-refractivity contribution in [1.29, 1.82) is 0 Å². The molecule has 0 radical (unpaired) electrons. The fraction of sp³-hybridized carbons (Fsp3) is 0.500. The molecule has 1 aliphatic rings. The Morgan fingerprint density at radius 3 is 2.05 bits per heavy atom. The van der Waals surface area contributed by atoms with Gasteiger partial charge in [0.1, 0.15) is 0 Å². The Balaban J connectivity index is 2.26. The molecule has 1 aromatic rings. The summed E-state index contributed by atoms with van der Waals surface area (Å²) in [6.45, 7) is 8.22. The van der Waals surface area contributed by atoms with Gasteiger partial charge in [0.15, 0.2) is 0 Å². The second kappa shape index (κ2) is 5.16. The van der Waals surface area contributed by atoms with Gasteiger partial charge in [-0.15, -0.1) is 0 Å². The second-order valence-electron chi connectivity index (χ2n) is 5.87. The number of hydrogen-bond acceptors (Lipinski definition) is 2. The number of amides is 2. The topological polar surface area (TPSA) is 37.4 Å². The summed E-state index contributed by atoms with van der Waals surface area (Å²) in [6.07, 6.45) is 0.336. The number of imide groups is 1. The number of carbonyl (C=O) groups is 2. The maximum atomic E-state index is 12.3. The van der Waals surface area contributed by atoms with E-state index in [1.807, 2.05) is 38.1 Å². The van der Waals surface area contributed by atoms with Gasteiger partial charge < -0.3 is 0 Å². The van der Waals surface area contributed by atoms with Gasteiger partial charge in [0.2, 0.25) is 11.8 Å². The van der Waals surface area contributed by atoms with E-state index in [0.717, 1.165) is 0 Å². The molecule has 1 aliphatic heterocycles. The van der Waals surface area contributed by atoms with E-state index in [1.165, 1.54) is 10.5 Å². The minimum atomic E-state index is -0.169. The van der Waals surface area contributed by atoms with Crippen molar-refractivity contribution in [2.24, 2.45) is 11.8 Å². The standard InChI is InChI=1S/C16H21NO2/c1-10(2)12-5-7-13(8-6-12)17-15(18)9-14(11(3)4)16(17)19/h5-8,10-11,14H,9H2,1-4H3. The third kappa shape index (κ3) is 2.55. The Morgan fingerprint density at radius 1 is 1.05 bits per heavy atom. The van der Waals surface area contributed by atoms with E-state index < -0.39 is 0 Å². The van der Waals surface area contributed by atoms with Crippen molar-refractivity contribution in [3.05, 3.63) is 29.8 Å². The fourth-order valence-corrected chi connectivity index (χ4v) is 2.46. The maximum Gasteiger partial charge on any atom is 0.237 e. The van der Waals surface area contributed by atoms with Crippen LogP contribution in [0.2, 0.25) is 0 Å². The van der Waals surface area contributed by atoms with Crippen LogP contribution in [0.1, 0.15) is 45.6 Å². The number of hydrogen-bond donors (Lipinski definition) is 0. The zero-order chi connectivity index (χ0) is 14.2. The van der Waals surface area contributed by atoms with Crippen LogP contribution in [0.15, 0.2) is 24.3 Å². The van der Waals surface area contributed by atoms with Crippen molar-refractivity contribution in [2.45, 2.75) is 40.0 Å². The zero-order valence-electron chi connectivity index (χ0n) is 12.0. The van der Waals surface area contributed by atoms with Gasteiger partial charge in [-0.3, -0.25) is 14.5 Å². The lowest BCUT2D eigenvalue weighted by Gasteiger charge is -2.17. The molecule has 19 heavy (non-hydrogen) atoms. The van der Waals surface area contributed by atoms with E-state index >= 15 is 0 Å². The first-order valence-electron chi connectivity index (χ1n) is 6.88. The maximum absolute atomic E-state index is 12.3. The highest BCUT2D eigenvalue weighted by atomic mass is 16.2. The molecular weight excluding hydrogens is 238 g/mol. The van der Waals surface area contributed by atoms with E-state index in [4.69, 9.17) is 0 Å². The number of anilines is 1. The molecule has 1 unspecified atom stereocenters. The normalized spacial score (nSPS) is 19.9. The molecule has 0 spiro atoms. The molecule has 0 saturated carbocycles. The average molecular weight is 259 g/mol. The van der Waals surface area contributed by atoms with E-state index in [2.05, 4.69) is 13.8 Å². The highest BCUT2D eigenvalue weighted by Gasteiger charge is 2.40. The third-order valence-corrected chi connectivity index (χ3v) is 3.80. The van der Waals surface area contributed by atoms with Gasteiger partial charge in [-0.1, -0.05) is 39.8 Å². The van der Waals surface area contributed by atoms with Crippen LogP contribution in [0.5, 0.6) is 0 Å². The molecule has 0 aliphatic carbocycles. The lowest BCUT2D eigenvalue weighted by molar-refractivity contribution is -0.122. The van der Waals surface area contributed by atoms with Gasteiger partial charge in [-0.2, -0.15) is 0 Å². The van der Waals surface area contributed by atoms with Crippen LogP contribution >= 0.6 is 0 Å². The molecule has 2 rings (SSSR count). The first kappa shape index (κ1) is 13.8. The van der Waals surface area contributed by atoms with Gasteiger partial charge in [0.05, 0.1) is 11.6 Å². The molecule has 1 aromatic carbocycles. The fourth-order valence-electron chi connectivity index (χ4n) is 2.46. The third-order valence-electron chi connectivity index (χ3n) is 3.80. The minimum absolute atomic E-state index is 0.0581. The van der Waals surface area contributed by atoms with Crippen molar-refractivity contribution in [3.8, 4) is 0 Å². The lowest BCUT2D eigenvalue weighted by atomic mass is 9.94. The molecule has 1 atom stereocenters. The quantitative estimate of drug-likeness (QED) is 0.781. The van der Waals surface area contributed by atoms with Gasteiger partial charge in [-0.05, 0) is 29.5 Å².